The Hall–Kier alpha value is -2.62. The fourth-order valence-electron chi connectivity index (χ4n) is 3.30. The van der Waals surface area contributed by atoms with Crippen LogP contribution in [0.25, 0.3) is 10.7 Å². The second kappa shape index (κ2) is 9.09. The molecule has 1 unspecified atom stereocenters. The first-order chi connectivity index (χ1) is 14.9. The van der Waals surface area contributed by atoms with E-state index in [4.69, 9.17) is 9.90 Å². The van der Waals surface area contributed by atoms with Crippen LogP contribution in [0, 0.1) is 5.92 Å². The normalized spacial score (nSPS) is 20.5. The highest BCUT2D eigenvalue weighted by molar-refractivity contribution is 7.15. The molecule has 4 rings (SSSR count). The minimum absolute atomic E-state index is 0.0362. The van der Waals surface area contributed by atoms with Gasteiger partial charge in [-0.15, -0.1) is 31.8 Å². The molecule has 2 aliphatic heterocycles. The molecule has 32 heavy (non-hydrogen) atoms. The monoisotopic (exact) mass is 485 g/mol. The molecule has 0 aromatic carbocycles. The Morgan fingerprint density at radius 2 is 1.94 bits per heavy atom. The zero-order valence-electron chi connectivity index (χ0n) is 16.2. The zero-order valence-corrected chi connectivity index (χ0v) is 17.0. The van der Waals surface area contributed by atoms with Crippen LogP contribution in [-0.4, -0.2) is 67.7 Å². The highest BCUT2D eigenvalue weighted by Crippen LogP contribution is 2.49. The van der Waals surface area contributed by atoms with Crippen LogP contribution in [0.5, 0.6) is 0 Å². The number of rotatable bonds is 5. The van der Waals surface area contributed by atoms with E-state index in [1.54, 1.807) is 11.3 Å². The molecule has 176 valence electrons. The number of hydrogen-bond donors (Lipinski definition) is 2. The number of carboxylic acids is 1. The van der Waals surface area contributed by atoms with Gasteiger partial charge in [0.05, 0.1) is 4.88 Å². The van der Waals surface area contributed by atoms with Crippen LogP contribution in [-0.2, 0) is 11.3 Å². The van der Waals surface area contributed by atoms with E-state index in [0.717, 1.165) is 29.1 Å². The lowest BCUT2D eigenvalue weighted by Crippen LogP contribution is -2.40. The number of H-pyrrole nitrogens is 1. The van der Waals surface area contributed by atoms with Gasteiger partial charge in [-0.05, 0) is 42.7 Å². The Kier molecular flexibility index (Phi) is 6.83. The Labute approximate surface area is 180 Å². The van der Waals surface area contributed by atoms with Gasteiger partial charge in [-0.3, -0.25) is 4.90 Å². The van der Waals surface area contributed by atoms with Crippen LogP contribution in [0.1, 0.15) is 24.1 Å². The average molecular weight is 485 g/mol. The molecule has 2 N–H and O–H groups in total. The molecule has 9 nitrogen and oxygen atoms in total. The maximum atomic E-state index is 13.0. The van der Waals surface area contributed by atoms with Crippen molar-refractivity contribution in [2.24, 2.45) is 16.1 Å². The van der Waals surface area contributed by atoms with E-state index >= 15 is 0 Å². The summed E-state index contributed by atoms with van der Waals surface area (Å²) in [7, 11) is 0. The molecular formula is C16H17F6N7O2S. The van der Waals surface area contributed by atoms with E-state index in [9.17, 15) is 26.3 Å². The van der Waals surface area contributed by atoms with Crippen molar-refractivity contribution in [1.29, 1.82) is 0 Å². The number of nitrogens with one attached hydrogen (secondary N) is 1. The van der Waals surface area contributed by atoms with Crippen molar-refractivity contribution in [2.75, 3.05) is 13.1 Å². The van der Waals surface area contributed by atoms with Crippen LogP contribution in [0.15, 0.2) is 22.4 Å². The van der Waals surface area contributed by atoms with Crippen LogP contribution < -0.4 is 0 Å². The predicted molar refractivity (Wildman–Crippen MR) is 97.4 cm³/mol. The van der Waals surface area contributed by atoms with Crippen molar-refractivity contribution >= 4 is 17.3 Å². The quantitative estimate of drug-likeness (QED) is 0.621. The Morgan fingerprint density at radius 3 is 2.47 bits per heavy atom. The highest BCUT2D eigenvalue weighted by Gasteiger charge is 2.64. The summed E-state index contributed by atoms with van der Waals surface area (Å²) in [6.45, 7) is 2.24. The number of aromatic nitrogens is 4. The molecule has 0 aliphatic carbocycles. The van der Waals surface area contributed by atoms with Gasteiger partial charge in [0.2, 0.25) is 5.82 Å². The van der Waals surface area contributed by atoms with E-state index in [-0.39, 0.29) is 12.3 Å². The van der Waals surface area contributed by atoms with Gasteiger partial charge >= 0.3 is 18.3 Å². The van der Waals surface area contributed by atoms with Crippen molar-refractivity contribution in [3.8, 4) is 10.7 Å². The third kappa shape index (κ3) is 5.99. The number of tetrazole rings is 1. The molecule has 0 saturated carbocycles. The maximum absolute atomic E-state index is 13.0. The number of aromatic amines is 1. The first kappa shape index (κ1) is 24.0. The highest BCUT2D eigenvalue weighted by atomic mass is 32.1. The summed E-state index contributed by atoms with van der Waals surface area (Å²) in [5.41, 5.74) is -2.13. The Morgan fingerprint density at radius 1 is 1.25 bits per heavy atom. The van der Waals surface area contributed by atoms with E-state index in [0.29, 0.717) is 18.9 Å². The van der Waals surface area contributed by atoms with Crippen molar-refractivity contribution in [3.05, 3.63) is 17.0 Å². The summed E-state index contributed by atoms with van der Waals surface area (Å²) >= 11 is 1.57. The SMILES string of the molecule is FC(F)(F)C1(CC2CCCN(Cc3ccc(-c4nn[nH]n4)s3)C2)N=N1.O=C(O)C(F)(F)F. The number of carboxylic acid groups (broad SMARTS) is 1. The lowest BCUT2D eigenvalue weighted by atomic mass is 9.89. The van der Waals surface area contributed by atoms with Crippen molar-refractivity contribution in [2.45, 2.75) is 43.8 Å². The van der Waals surface area contributed by atoms with E-state index in [1.807, 2.05) is 12.1 Å². The minimum atomic E-state index is -5.08. The number of hydrogen-bond acceptors (Lipinski definition) is 8. The summed E-state index contributed by atoms with van der Waals surface area (Å²) in [6.07, 6.45) is -7.81. The number of halogens is 6. The molecule has 1 saturated heterocycles. The second-order valence-electron chi connectivity index (χ2n) is 7.27. The molecule has 1 fully saturated rings. The van der Waals surface area contributed by atoms with E-state index < -0.39 is 24.0 Å². The molecule has 0 spiro atoms. The Balaban J connectivity index is 0.000000360. The van der Waals surface area contributed by atoms with E-state index in [1.165, 1.54) is 0 Å². The van der Waals surface area contributed by atoms with Crippen molar-refractivity contribution in [3.63, 3.8) is 0 Å². The van der Waals surface area contributed by atoms with Crippen molar-refractivity contribution in [1.82, 2.24) is 25.5 Å². The van der Waals surface area contributed by atoms with Gasteiger partial charge in [-0.1, -0.05) is 0 Å². The number of piperidine rings is 1. The molecule has 2 aliphatic rings. The standard InChI is InChI=1S/C14H16F3N7S.C2HF3O2/c15-14(16,17)13(20-21-13)6-9-2-1-5-24(7-9)8-10-3-4-11(25-10)12-18-22-23-19-12;3-2(4,5)1(6)7/h3-4,9H,1-2,5-8H2,(H,18,19,22,23);(H,6,7). The number of nitrogens with zero attached hydrogens (tertiary/aromatic N) is 6. The minimum Gasteiger partial charge on any atom is -0.475 e. The summed E-state index contributed by atoms with van der Waals surface area (Å²) < 4.78 is 70.8. The first-order valence-electron chi connectivity index (χ1n) is 9.25. The van der Waals surface area contributed by atoms with Gasteiger partial charge in [0.15, 0.2) is 0 Å². The zero-order chi connectivity index (χ0) is 23.6. The smallest absolute Gasteiger partial charge is 0.475 e. The number of alkyl halides is 6. The molecule has 0 amide bonds. The molecule has 1 atom stereocenters. The number of likely N-dealkylation sites (tertiary alicyclic amines) is 1. The van der Waals surface area contributed by atoms with Crippen LogP contribution in [0.2, 0.25) is 0 Å². The molecule has 16 heteroatoms. The van der Waals surface area contributed by atoms with Gasteiger partial charge in [-0.2, -0.15) is 31.6 Å². The lowest BCUT2D eigenvalue weighted by Gasteiger charge is -2.33. The van der Waals surface area contributed by atoms with Crippen LogP contribution >= 0.6 is 11.3 Å². The second-order valence-corrected chi connectivity index (χ2v) is 8.43. The first-order valence-corrected chi connectivity index (χ1v) is 10.1. The third-order valence-electron chi connectivity index (χ3n) is 4.82. The molecular weight excluding hydrogens is 468 g/mol. The maximum Gasteiger partial charge on any atom is 0.490 e. The molecule has 2 aromatic heterocycles. The van der Waals surface area contributed by atoms with Gasteiger partial charge < -0.3 is 5.11 Å². The van der Waals surface area contributed by atoms with E-state index in [2.05, 4.69) is 35.8 Å². The molecule has 0 bridgehead atoms. The predicted octanol–water partition coefficient (Wildman–Crippen LogP) is 3.89. The topological polar surface area (TPSA) is 120 Å². The average Bonchev–Trinajstić information content (AvgIpc) is 3.10. The van der Waals surface area contributed by atoms with Gasteiger partial charge in [0.25, 0.3) is 5.66 Å². The molecule has 4 heterocycles. The fourth-order valence-corrected chi connectivity index (χ4v) is 4.28. The number of thiophene rings is 1. The third-order valence-corrected chi connectivity index (χ3v) is 5.89. The van der Waals surface area contributed by atoms with Crippen LogP contribution in [0.4, 0.5) is 26.3 Å². The summed E-state index contributed by atoms with van der Waals surface area (Å²) in [5.74, 6) is -2.24. The number of carbonyl (C=O) groups is 1. The molecule has 2 aromatic rings. The van der Waals surface area contributed by atoms with Crippen LogP contribution in [0.3, 0.4) is 0 Å². The van der Waals surface area contributed by atoms with Gasteiger partial charge in [-0.25, -0.2) is 4.79 Å². The van der Waals surface area contributed by atoms with Crippen molar-refractivity contribution < 1.29 is 36.2 Å². The Bertz CT molecular complexity index is 938. The summed E-state index contributed by atoms with van der Waals surface area (Å²) in [6, 6.07) is 3.94. The summed E-state index contributed by atoms with van der Waals surface area (Å²) in [5, 5.41) is 27.6. The largest absolute Gasteiger partial charge is 0.490 e. The van der Waals surface area contributed by atoms with Gasteiger partial charge in [0.1, 0.15) is 0 Å². The summed E-state index contributed by atoms with van der Waals surface area (Å²) in [4.78, 5) is 13.1. The lowest BCUT2D eigenvalue weighted by molar-refractivity contribution is -0.192. The van der Waals surface area contributed by atoms with Gasteiger partial charge in [0, 0.05) is 24.4 Å². The molecule has 0 radical (unpaired) electrons. The number of aliphatic carboxylic acids is 1. The fraction of sp³-hybridized carbons (Fsp3) is 0.625.